The van der Waals surface area contributed by atoms with E-state index in [4.69, 9.17) is 14.2 Å². The Hall–Kier alpha value is -3.98. The Labute approximate surface area is 234 Å². The number of thioether (sulfide) groups is 1. The van der Waals surface area contributed by atoms with E-state index in [1.54, 1.807) is 36.4 Å². The number of carbonyl (C=O) groups is 2. The van der Waals surface area contributed by atoms with Crippen molar-refractivity contribution < 1.29 is 32.6 Å². The number of nitrogens with zero attached hydrogens (tertiary/aromatic N) is 1. The molecule has 1 aromatic heterocycles. The molecule has 0 radical (unpaired) electrons. The van der Waals surface area contributed by atoms with Crippen molar-refractivity contribution in [2.45, 2.75) is 30.7 Å². The van der Waals surface area contributed by atoms with E-state index in [1.807, 2.05) is 6.26 Å². The molecule has 0 saturated heterocycles. The maximum Gasteiger partial charge on any atom is 0.166 e. The largest absolute Gasteiger partial charge is 0.493 e. The molecule has 1 aliphatic rings. The quantitative estimate of drug-likeness (QED) is 0.148. The van der Waals surface area contributed by atoms with Gasteiger partial charge in [0.25, 0.3) is 0 Å². The van der Waals surface area contributed by atoms with Crippen LogP contribution in [0.5, 0.6) is 23.0 Å². The number of rotatable bonds is 11. The lowest BCUT2D eigenvalue weighted by Gasteiger charge is -2.15. The number of Topliss-reactive ketones (excluding diaryl/α,β-unsaturated/α-hetero) is 2. The van der Waals surface area contributed by atoms with Crippen molar-refractivity contribution in [1.29, 1.82) is 0 Å². The zero-order chi connectivity index (χ0) is 28.4. The summed E-state index contributed by atoms with van der Waals surface area (Å²) in [4.78, 5) is 30.7. The van der Waals surface area contributed by atoms with Gasteiger partial charge in [0.2, 0.25) is 0 Å². The van der Waals surface area contributed by atoms with Crippen LogP contribution in [0.3, 0.4) is 0 Å². The number of benzene rings is 3. The smallest absolute Gasteiger partial charge is 0.166 e. The Balaban J connectivity index is 1.34. The number of halogens is 2. The van der Waals surface area contributed by atoms with E-state index in [-0.39, 0.29) is 36.0 Å². The van der Waals surface area contributed by atoms with Crippen LogP contribution in [0, 0.1) is 17.0 Å². The number of ketones is 2. The van der Waals surface area contributed by atoms with Crippen molar-refractivity contribution in [3.8, 4) is 23.0 Å². The van der Waals surface area contributed by atoms with Gasteiger partial charge in [-0.05, 0) is 60.6 Å². The summed E-state index contributed by atoms with van der Waals surface area (Å²) < 4.78 is 45.2. The van der Waals surface area contributed by atoms with Crippen molar-refractivity contribution in [2.75, 3.05) is 20.5 Å². The molecule has 1 fully saturated rings. The molecule has 4 aromatic rings. The molecule has 3 aromatic carbocycles. The number of carbonyl (C=O) groups excluding carboxylic acids is 2. The summed E-state index contributed by atoms with van der Waals surface area (Å²) in [6.45, 7) is 0. The minimum atomic E-state index is -1.05. The van der Waals surface area contributed by atoms with Gasteiger partial charge in [0.05, 0.1) is 25.2 Å². The molecular weight excluding hydrogens is 536 g/mol. The first kappa shape index (κ1) is 27.6. The molecule has 1 saturated carbocycles. The molecule has 0 amide bonds. The fourth-order valence-corrected chi connectivity index (χ4v) is 5.11. The third-order valence-electron chi connectivity index (χ3n) is 7.14. The number of hydrogen-bond donors (Lipinski definition) is 0. The number of pyridine rings is 1. The van der Waals surface area contributed by atoms with Crippen LogP contribution < -0.4 is 14.2 Å². The lowest BCUT2D eigenvalue weighted by Crippen LogP contribution is -2.28. The third-order valence-corrected chi connectivity index (χ3v) is 7.77. The Morgan fingerprint density at radius 1 is 0.825 bits per heavy atom. The first-order valence-corrected chi connectivity index (χ1v) is 13.9. The van der Waals surface area contributed by atoms with Crippen LogP contribution in [-0.4, -0.2) is 37.0 Å². The van der Waals surface area contributed by atoms with Gasteiger partial charge in [-0.25, -0.2) is 13.8 Å². The van der Waals surface area contributed by atoms with Crippen molar-refractivity contribution in [1.82, 2.24) is 4.98 Å². The van der Waals surface area contributed by atoms with Crippen LogP contribution >= 0.6 is 11.8 Å². The summed E-state index contributed by atoms with van der Waals surface area (Å²) in [7, 11) is 3.06. The molecule has 0 N–H and O–H groups in total. The van der Waals surface area contributed by atoms with E-state index in [2.05, 4.69) is 4.98 Å². The molecule has 0 spiro atoms. The molecule has 0 aliphatic heterocycles. The predicted octanol–water partition coefficient (Wildman–Crippen LogP) is 6.75. The number of aromatic nitrogens is 1. The average Bonchev–Trinajstić information content (AvgIpc) is 3.77. The second-order valence-electron chi connectivity index (χ2n) is 9.66. The van der Waals surface area contributed by atoms with E-state index >= 15 is 4.39 Å². The zero-order valence-electron chi connectivity index (χ0n) is 22.3. The van der Waals surface area contributed by atoms with Crippen molar-refractivity contribution >= 4 is 34.2 Å². The van der Waals surface area contributed by atoms with Gasteiger partial charge in [0, 0.05) is 30.4 Å². The molecule has 5 rings (SSSR count). The summed E-state index contributed by atoms with van der Waals surface area (Å²) >= 11 is 1.42. The van der Waals surface area contributed by atoms with Crippen molar-refractivity contribution in [2.24, 2.45) is 5.41 Å². The third kappa shape index (κ3) is 5.51. The summed E-state index contributed by atoms with van der Waals surface area (Å²) in [5.74, 6) is -0.0782. The number of ether oxygens (including phenoxy) is 3. The van der Waals surface area contributed by atoms with E-state index in [1.165, 1.54) is 50.2 Å². The highest BCUT2D eigenvalue weighted by Gasteiger charge is 2.54. The monoisotopic (exact) mass is 563 g/mol. The van der Waals surface area contributed by atoms with Gasteiger partial charge >= 0.3 is 0 Å². The number of hydrogen-bond acceptors (Lipinski definition) is 7. The highest BCUT2D eigenvalue weighted by Crippen LogP contribution is 2.49. The lowest BCUT2D eigenvalue weighted by molar-refractivity contribution is -0.133. The molecule has 0 unspecified atom stereocenters. The minimum Gasteiger partial charge on any atom is -0.493 e. The molecule has 206 valence electrons. The average molecular weight is 564 g/mol. The number of methoxy groups -OCH3 is 2. The normalized spacial score (nSPS) is 13.6. The maximum absolute atomic E-state index is 15.2. The highest BCUT2D eigenvalue weighted by atomic mass is 32.2. The van der Waals surface area contributed by atoms with Gasteiger partial charge in [0.1, 0.15) is 16.6 Å². The molecule has 0 atom stereocenters. The fraction of sp³-hybridized carbons (Fsp3) is 0.258. The highest BCUT2D eigenvalue weighted by molar-refractivity contribution is 7.98. The van der Waals surface area contributed by atoms with E-state index in [0.29, 0.717) is 57.1 Å². The second-order valence-corrected chi connectivity index (χ2v) is 10.5. The Kier molecular flexibility index (Phi) is 7.76. The van der Waals surface area contributed by atoms with Crippen LogP contribution in [0.1, 0.15) is 24.0 Å². The Morgan fingerprint density at radius 3 is 2.05 bits per heavy atom. The molecule has 1 aliphatic carbocycles. The number of fused-ring (bicyclic) bond motifs is 1. The van der Waals surface area contributed by atoms with Crippen LogP contribution in [0.25, 0.3) is 10.9 Å². The fourth-order valence-electron chi connectivity index (χ4n) is 4.69. The van der Waals surface area contributed by atoms with E-state index in [9.17, 15) is 14.0 Å². The summed E-state index contributed by atoms with van der Waals surface area (Å²) in [6.07, 6.45) is 2.80. The zero-order valence-corrected chi connectivity index (χ0v) is 23.1. The summed E-state index contributed by atoms with van der Waals surface area (Å²) in [5.41, 5.74) is 0.653. The van der Waals surface area contributed by atoms with Crippen LogP contribution in [0.4, 0.5) is 8.78 Å². The first-order valence-electron chi connectivity index (χ1n) is 12.6. The van der Waals surface area contributed by atoms with Gasteiger partial charge in [0.15, 0.2) is 34.6 Å². The van der Waals surface area contributed by atoms with Gasteiger partial charge < -0.3 is 14.2 Å². The molecule has 40 heavy (non-hydrogen) atoms. The van der Waals surface area contributed by atoms with Crippen molar-refractivity contribution in [3.63, 3.8) is 0 Å². The minimum absolute atomic E-state index is 0.0148. The first-order chi connectivity index (χ1) is 19.3. The molecule has 9 heteroatoms. The second kappa shape index (κ2) is 11.3. The van der Waals surface area contributed by atoms with Crippen molar-refractivity contribution in [3.05, 3.63) is 83.4 Å². The van der Waals surface area contributed by atoms with Crippen LogP contribution in [0.15, 0.2) is 65.7 Å². The molecule has 6 nitrogen and oxygen atoms in total. The standard InChI is InChI=1S/C31H27F2NO5S/c1-37-26-15-21-23(16-27(26)38-2)34-30(40-3)17-25(21)39-24-9-6-19(12-22(24)33)14-29(36)31(10-11-31)28(35)13-18-4-7-20(32)8-5-18/h4-9,12,15-17H,10-11,13-14H2,1-3H3. The lowest BCUT2D eigenvalue weighted by atomic mass is 9.88. The maximum atomic E-state index is 15.2. The summed E-state index contributed by atoms with van der Waals surface area (Å²) in [5, 5.41) is 1.29. The van der Waals surface area contributed by atoms with E-state index in [0.717, 1.165) is 0 Å². The van der Waals surface area contributed by atoms with Crippen LogP contribution in [-0.2, 0) is 22.4 Å². The Bertz CT molecular complexity index is 1600. The molecule has 0 bridgehead atoms. The topological polar surface area (TPSA) is 74.7 Å². The van der Waals surface area contributed by atoms with Gasteiger partial charge in [-0.2, -0.15) is 0 Å². The van der Waals surface area contributed by atoms with Gasteiger partial charge in [-0.1, -0.05) is 18.2 Å². The summed E-state index contributed by atoms with van der Waals surface area (Å²) in [6, 6.07) is 15.2. The molecule has 1 heterocycles. The van der Waals surface area contributed by atoms with Gasteiger partial charge in [-0.15, -0.1) is 11.8 Å². The van der Waals surface area contributed by atoms with E-state index < -0.39 is 11.2 Å². The van der Waals surface area contributed by atoms with Gasteiger partial charge in [-0.3, -0.25) is 9.59 Å². The predicted molar refractivity (Wildman–Crippen MR) is 149 cm³/mol. The molecular formula is C31H27F2NO5S. The SMILES string of the molecule is COc1cc2nc(SC)cc(Oc3ccc(CC(=O)C4(C(=O)Cc5ccc(F)cc5)CC4)cc3F)c2cc1OC. The Morgan fingerprint density at radius 2 is 1.45 bits per heavy atom. The van der Waals surface area contributed by atoms with Crippen LogP contribution in [0.2, 0.25) is 0 Å².